The van der Waals surface area contributed by atoms with Gasteiger partial charge in [-0.3, -0.25) is 9.59 Å². The molecule has 0 radical (unpaired) electrons. The molecule has 0 aromatic heterocycles. The Morgan fingerprint density at radius 2 is 1.32 bits per heavy atom. The first-order valence-electron chi connectivity index (χ1n) is 13.5. The topological polar surface area (TPSA) is 66.9 Å². The molecule has 4 atom stereocenters. The molecule has 6 nitrogen and oxygen atoms in total. The average molecular weight is 545 g/mol. The molecule has 2 fully saturated rings. The molecule has 202 valence electrons. The highest BCUT2D eigenvalue weighted by Gasteiger charge is 2.65. The van der Waals surface area contributed by atoms with Crippen molar-refractivity contribution >= 4 is 29.5 Å². The maximum atomic E-state index is 14.2. The number of carbonyl (C=O) groups is 3. The van der Waals surface area contributed by atoms with Crippen molar-refractivity contribution in [3.63, 3.8) is 0 Å². The minimum atomic E-state index is -1.04. The molecular weight excluding hydrogens is 519 g/mol. The van der Waals surface area contributed by atoms with E-state index in [9.17, 15) is 18.8 Å². The number of nitrogens with zero attached hydrogens (tertiary/aromatic N) is 2. The van der Waals surface area contributed by atoms with Gasteiger partial charge in [0.2, 0.25) is 11.8 Å². The van der Waals surface area contributed by atoms with Gasteiger partial charge in [0.05, 0.1) is 23.6 Å². The van der Waals surface area contributed by atoms with Gasteiger partial charge in [-0.15, -0.1) is 0 Å². The van der Waals surface area contributed by atoms with E-state index in [2.05, 4.69) is 0 Å². The van der Waals surface area contributed by atoms with Gasteiger partial charge in [-0.1, -0.05) is 84.9 Å². The van der Waals surface area contributed by atoms with Crippen LogP contribution in [0.25, 0.3) is 6.08 Å². The fourth-order valence-corrected chi connectivity index (χ4v) is 6.44. The number of ether oxygens (including phenoxy) is 1. The Morgan fingerprint density at radius 3 is 1.98 bits per heavy atom. The van der Waals surface area contributed by atoms with E-state index in [0.717, 1.165) is 27.2 Å². The second kappa shape index (κ2) is 9.86. The van der Waals surface area contributed by atoms with Crippen molar-refractivity contribution < 1.29 is 23.5 Å². The molecule has 3 aliphatic heterocycles. The molecular formula is C34H25FN2O4. The van der Waals surface area contributed by atoms with Crippen LogP contribution in [0.5, 0.6) is 0 Å². The van der Waals surface area contributed by atoms with E-state index >= 15 is 0 Å². The number of fused-ring (bicyclic) bond motifs is 5. The molecule has 0 spiro atoms. The molecule has 7 heteroatoms. The summed E-state index contributed by atoms with van der Waals surface area (Å²) in [6.45, 7) is 0. The number of benzene rings is 4. The highest BCUT2D eigenvalue weighted by molar-refractivity contribution is 6.23. The van der Waals surface area contributed by atoms with Gasteiger partial charge in [0, 0.05) is 6.20 Å². The van der Waals surface area contributed by atoms with Gasteiger partial charge in [0.1, 0.15) is 11.9 Å². The number of hydrogen-bond acceptors (Lipinski definition) is 5. The fourth-order valence-electron chi connectivity index (χ4n) is 6.44. The van der Waals surface area contributed by atoms with Crippen molar-refractivity contribution in [3.8, 4) is 0 Å². The third-order valence-corrected chi connectivity index (χ3v) is 8.23. The van der Waals surface area contributed by atoms with Crippen LogP contribution < -0.4 is 4.90 Å². The van der Waals surface area contributed by atoms with Gasteiger partial charge in [-0.25, -0.2) is 14.1 Å². The molecule has 2 amide bonds. The number of anilines is 1. The van der Waals surface area contributed by atoms with Crippen molar-refractivity contribution in [2.45, 2.75) is 18.2 Å². The second-order valence-corrected chi connectivity index (χ2v) is 10.5. The molecule has 3 aliphatic rings. The van der Waals surface area contributed by atoms with Crippen molar-refractivity contribution in [3.05, 3.63) is 143 Å². The van der Waals surface area contributed by atoms with Gasteiger partial charge in [-0.05, 0) is 52.6 Å². The van der Waals surface area contributed by atoms with Gasteiger partial charge in [-0.2, -0.15) is 0 Å². The zero-order valence-corrected chi connectivity index (χ0v) is 21.8. The van der Waals surface area contributed by atoms with Crippen molar-refractivity contribution in [1.29, 1.82) is 0 Å². The van der Waals surface area contributed by atoms with E-state index in [1.807, 2.05) is 95.9 Å². The van der Waals surface area contributed by atoms with Crippen molar-refractivity contribution in [2.24, 2.45) is 11.8 Å². The molecule has 4 aromatic carbocycles. The Morgan fingerprint density at radius 1 is 0.732 bits per heavy atom. The van der Waals surface area contributed by atoms with Crippen LogP contribution in [0.15, 0.2) is 115 Å². The summed E-state index contributed by atoms with van der Waals surface area (Å²) in [5.41, 5.74) is 3.65. The van der Waals surface area contributed by atoms with Crippen LogP contribution in [0.2, 0.25) is 0 Å². The Bertz CT molecular complexity index is 1630. The van der Waals surface area contributed by atoms with Gasteiger partial charge >= 0.3 is 5.97 Å². The molecule has 4 aromatic rings. The quantitative estimate of drug-likeness (QED) is 0.239. The zero-order chi connectivity index (χ0) is 28.1. The van der Waals surface area contributed by atoms with Crippen LogP contribution in [-0.4, -0.2) is 28.7 Å². The average Bonchev–Trinajstić information content (AvgIpc) is 3.49. The number of amides is 2. The number of hydrogen-bond donors (Lipinski definition) is 0. The molecule has 7 rings (SSSR count). The number of imide groups is 1. The van der Waals surface area contributed by atoms with Crippen LogP contribution in [0.3, 0.4) is 0 Å². The molecule has 0 bridgehead atoms. The van der Waals surface area contributed by atoms with E-state index < -0.39 is 53.6 Å². The maximum Gasteiger partial charge on any atom is 0.330 e. The number of rotatable bonds is 5. The Balaban J connectivity index is 1.31. The summed E-state index contributed by atoms with van der Waals surface area (Å²) < 4.78 is 19.9. The number of carbonyl (C=O) groups excluding carboxylic acids is 3. The monoisotopic (exact) mass is 544 g/mol. The first kappa shape index (κ1) is 25.0. The Hall–Kier alpha value is -5.04. The van der Waals surface area contributed by atoms with Crippen molar-refractivity contribution in [1.82, 2.24) is 4.90 Å². The predicted octanol–water partition coefficient (Wildman–Crippen LogP) is 5.67. The predicted molar refractivity (Wildman–Crippen MR) is 151 cm³/mol. The van der Waals surface area contributed by atoms with Crippen molar-refractivity contribution in [2.75, 3.05) is 4.90 Å². The summed E-state index contributed by atoms with van der Waals surface area (Å²) in [6.07, 6.45) is 2.98. The molecule has 4 unspecified atom stereocenters. The number of halogens is 1. The van der Waals surface area contributed by atoms with Gasteiger partial charge < -0.3 is 9.64 Å². The first-order valence-corrected chi connectivity index (χ1v) is 13.5. The summed E-state index contributed by atoms with van der Waals surface area (Å²) in [5, 5.41) is 0. The second-order valence-electron chi connectivity index (χ2n) is 10.5. The molecule has 0 saturated carbocycles. The normalized spacial score (nSPS) is 22.5. The molecule has 2 saturated heterocycles. The summed E-state index contributed by atoms with van der Waals surface area (Å²) >= 11 is 0. The third-order valence-electron chi connectivity index (χ3n) is 8.23. The van der Waals surface area contributed by atoms with Crippen LogP contribution >= 0.6 is 0 Å². The zero-order valence-electron chi connectivity index (χ0n) is 21.8. The van der Waals surface area contributed by atoms with Crippen LogP contribution in [0, 0.1) is 17.7 Å². The maximum absolute atomic E-state index is 14.2. The lowest BCUT2D eigenvalue weighted by Gasteiger charge is -2.35. The van der Waals surface area contributed by atoms with Crippen LogP contribution in [-0.2, 0) is 19.1 Å². The van der Waals surface area contributed by atoms with E-state index in [1.54, 1.807) is 6.20 Å². The highest BCUT2D eigenvalue weighted by Crippen LogP contribution is 2.53. The van der Waals surface area contributed by atoms with E-state index in [1.165, 1.54) is 24.3 Å². The lowest BCUT2D eigenvalue weighted by Crippen LogP contribution is -2.45. The minimum Gasteiger partial charge on any atom is -0.451 e. The Labute approximate surface area is 236 Å². The Kier molecular flexibility index (Phi) is 6.00. The van der Waals surface area contributed by atoms with Crippen LogP contribution in [0.4, 0.5) is 10.1 Å². The van der Waals surface area contributed by atoms with Gasteiger partial charge in [0.15, 0.2) is 6.10 Å². The highest BCUT2D eigenvalue weighted by atomic mass is 19.1. The molecule has 3 heterocycles. The third kappa shape index (κ3) is 4.04. The molecule has 0 aliphatic carbocycles. The standard InChI is InChI=1S/C34H25FN2O4/c35-24-15-17-25(18-16-24)37-32(38)27-28(33(37)39)30(36-20-19-21-9-7-8-14-26(21)29(27)36)34(40)41-31(22-10-3-1-4-11-22)23-12-5-2-6-13-23/h1-20,27-31H. The number of esters is 1. The van der Waals surface area contributed by atoms with Gasteiger partial charge in [0.25, 0.3) is 0 Å². The SMILES string of the molecule is O=C(OC(c1ccccc1)c1ccccc1)C1C2C(=O)N(c3ccc(F)cc3)C(=O)C2C2c3ccccc3C=CN12. The van der Waals surface area contributed by atoms with E-state index in [4.69, 9.17) is 4.74 Å². The minimum absolute atomic E-state index is 0.278. The lowest BCUT2D eigenvalue weighted by atomic mass is 9.84. The molecule has 41 heavy (non-hydrogen) atoms. The first-order chi connectivity index (χ1) is 20.0. The summed E-state index contributed by atoms with van der Waals surface area (Å²) in [7, 11) is 0. The fraction of sp³-hybridized carbons (Fsp3) is 0.147. The van der Waals surface area contributed by atoms with E-state index in [0.29, 0.717) is 0 Å². The van der Waals surface area contributed by atoms with E-state index in [-0.39, 0.29) is 5.69 Å². The largest absolute Gasteiger partial charge is 0.451 e. The summed E-state index contributed by atoms with van der Waals surface area (Å²) in [4.78, 5) is 45.2. The summed E-state index contributed by atoms with van der Waals surface area (Å²) in [5.74, 6) is -3.77. The summed E-state index contributed by atoms with van der Waals surface area (Å²) in [6, 6.07) is 30.2. The lowest BCUT2D eigenvalue weighted by molar-refractivity contribution is -0.155. The smallest absolute Gasteiger partial charge is 0.330 e. The van der Waals surface area contributed by atoms with Crippen LogP contribution in [0.1, 0.15) is 34.4 Å². The molecule has 0 N–H and O–H groups in total.